The molecule has 0 radical (unpaired) electrons. The van der Waals surface area contributed by atoms with Crippen LogP contribution in [0.25, 0.3) is 5.76 Å². The number of rotatable bonds is 3. The molecule has 0 aliphatic rings. The molecule has 0 aliphatic heterocycles. The number of aryl methyl sites for hydroxylation is 1. The number of phenols is 1. The second kappa shape index (κ2) is 4.79. The maximum absolute atomic E-state index is 11.7. The second-order valence-corrected chi connectivity index (χ2v) is 3.89. The third kappa shape index (κ3) is 2.43. The lowest BCUT2D eigenvalue weighted by molar-refractivity contribution is 0.102. The number of allylic oxidation sites excluding steroid dienone is 1. The van der Waals surface area contributed by atoms with Gasteiger partial charge in [-0.3, -0.25) is 4.79 Å². The van der Waals surface area contributed by atoms with E-state index in [1.807, 2.05) is 6.92 Å². The number of phenolic OH excluding ortho intramolecular Hbond substituents is 1. The predicted octanol–water partition coefficient (Wildman–Crippen LogP) is 3.08. The first kappa shape index (κ1) is 12.0. The van der Waals surface area contributed by atoms with Crippen LogP contribution in [-0.2, 0) is 0 Å². The molecule has 18 heavy (non-hydrogen) atoms. The Morgan fingerprint density at radius 2 is 2.11 bits per heavy atom. The molecule has 4 heteroatoms. The highest BCUT2D eigenvalue weighted by Gasteiger charge is 2.11. The van der Waals surface area contributed by atoms with Crippen molar-refractivity contribution in [3.63, 3.8) is 0 Å². The minimum Gasteiger partial charge on any atom is -0.507 e. The molecule has 2 rings (SSSR count). The number of benzene rings is 1. The van der Waals surface area contributed by atoms with Crippen LogP contribution < -0.4 is 0 Å². The standard InChI is InChI=1S/C14H12O4/c1-9-4-5-11(15)10(7-9)12(16)8-13(17)14-3-2-6-18-14/h2-8,15-16H,1H3. The van der Waals surface area contributed by atoms with Crippen LogP contribution in [0.15, 0.2) is 47.1 Å². The SMILES string of the molecule is Cc1ccc(O)c(C(O)=CC(=O)c2ccco2)c1. The molecule has 0 bridgehead atoms. The number of ketones is 1. The number of aliphatic hydroxyl groups excluding tert-OH is 1. The van der Waals surface area contributed by atoms with Gasteiger partial charge in [-0.05, 0) is 31.2 Å². The Bertz CT molecular complexity index is 594. The zero-order valence-corrected chi connectivity index (χ0v) is 9.75. The molecule has 1 aromatic carbocycles. The van der Waals surface area contributed by atoms with Crippen molar-refractivity contribution in [2.75, 3.05) is 0 Å². The number of furan rings is 1. The molecule has 2 aromatic rings. The maximum Gasteiger partial charge on any atom is 0.224 e. The molecule has 0 unspecified atom stereocenters. The van der Waals surface area contributed by atoms with Crippen LogP contribution in [0.4, 0.5) is 0 Å². The summed E-state index contributed by atoms with van der Waals surface area (Å²) >= 11 is 0. The summed E-state index contributed by atoms with van der Waals surface area (Å²) < 4.78 is 4.92. The summed E-state index contributed by atoms with van der Waals surface area (Å²) in [5.74, 6) is -0.703. The summed E-state index contributed by atoms with van der Waals surface area (Å²) in [4.78, 5) is 11.7. The maximum atomic E-state index is 11.7. The van der Waals surface area contributed by atoms with Crippen molar-refractivity contribution in [1.29, 1.82) is 0 Å². The number of aliphatic hydroxyl groups is 1. The smallest absolute Gasteiger partial charge is 0.224 e. The number of aromatic hydroxyl groups is 1. The van der Waals surface area contributed by atoms with Gasteiger partial charge >= 0.3 is 0 Å². The Balaban J connectivity index is 2.33. The van der Waals surface area contributed by atoms with Crippen molar-refractivity contribution in [3.8, 4) is 5.75 Å². The molecule has 0 fully saturated rings. The minimum atomic E-state index is -0.460. The van der Waals surface area contributed by atoms with Gasteiger partial charge in [0.1, 0.15) is 11.5 Å². The summed E-state index contributed by atoms with van der Waals surface area (Å²) in [6, 6.07) is 7.85. The molecule has 0 aliphatic carbocycles. The number of carbonyl (C=O) groups excluding carboxylic acids is 1. The van der Waals surface area contributed by atoms with Gasteiger partial charge in [-0.1, -0.05) is 11.6 Å². The molecule has 0 spiro atoms. The fourth-order valence-electron chi connectivity index (χ4n) is 1.55. The molecule has 0 amide bonds. The van der Waals surface area contributed by atoms with Gasteiger partial charge in [-0.25, -0.2) is 0 Å². The van der Waals surface area contributed by atoms with E-state index < -0.39 is 5.78 Å². The Kier molecular flexibility index (Phi) is 3.19. The van der Waals surface area contributed by atoms with Gasteiger partial charge in [0, 0.05) is 6.08 Å². The summed E-state index contributed by atoms with van der Waals surface area (Å²) in [6.45, 7) is 1.82. The predicted molar refractivity (Wildman–Crippen MR) is 66.5 cm³/mol. The Hall–Kier alpha value is -2.49. The zero-order valence-electron chi connectivity index (χ0n) is 9.75. The highest BCUT2D eigenvalue weighted by Crippen LogP contribution is 2.24. The lowest BCUT2D eigenvalue weighted by atomic mass is 10.1. The van der Waals surface area contributed by atoms with Crippen molar-refractivity contribution < 1.29 is 19.4 Å². The molecular formula is C14H12O4. The van der Waals surface area contributed by atoms with E-state index >= 15 is 0 Å². The van der Waals surface area contributed by atoms with E-state index in [0.717, 1.165) is 11.6 Å². The first-order chi connectivity index (χ1) is 8.58. The quantitative estimate of drug-likeness (QED) is 0.494. The Morgan fingerprint density at radius 3 is 2.78 bits per heavy atom. The molecule has 0 saturated heterocycles. The summed E-state index contributed by atoms with van der Waals surface area (Å²) in [5.41, 5.74) is 1.09. The van der Waals surface area contributed by atoms with Crippen LogP contribution >= 0.6 is 0 Å². The third-order valence-corrected chi connectivity index (χ3v) is 2.46. The van der Waals surface area contributed by atoms with Crippen LogP contribution in [0, 0.1) is 6.92 Å². The molecular weight excluding hydrogens is 232 g/mol. The first-order valence-corrected chi connectivity index (χ1v) is 5.36. The lowest BCUT2D eigenvalue weighted by Gasteiger charge is -2.04. The fourth-order valence-corrected chi connectivity index (χ4v) is 1.55. The normalized spacial score (nSPS) is 11.5. The van der Waals surface area contributed by atoms with Crippen LogP contribution in [0.3, 0.4) is 0 Å². The van der Waals surface area contributed by atoms with Gasteiger partial charge in [0.25, 0.3) is 0 Å². The van der Waals surface area contributed by atoms with E-state index in [2.05, 4.69) is 0 Å². The summed E-state index contributed by atoms with van der Waals surface area (Å²) in [5, 5.41) is 19.4. The second-order valence-electron chi connectivity index (χ2n) is 3.89. The largest absolute Gasteiger partial charge is 0.507 e. The van der Waals surface area contributed by atoms with E-state index in [9.17, 15) is 15.0 Å². The average Bonchev–Trinajstić information content (AvgIpc) is 2.85. The van der Waals surface area contributed by atoms with E-state index in [-0.39, 0.29) is 22.8 Å². The Labute approximate surface area is 104 Å². The zero-order chi connectivity index (χ0) is 13.1. The Morgan fingerprint density at radius 1 is 1.33 bits per heavy atom. The topological polar surface area (TPSA) is 70.7 Å². The molecule has 4 nitrogen and oxygen atoms in total. The van der Waals surface area contributed by atoms with E-state index in [4.69, 9.17) is 4.42 Å². The van der Waals surface area contributed by atoms with Gasteiger partial charge < -0.3 is 14.6 Å². The van der Waals surface area contributed by atoms with Crippen LogP contribution in [0.5, 0.6) is 5.75 Å². The fraction of sp³-hybridized carbons (Fsp3) is 0.0714. The van der Waals surface area contributed by atoms with Crippen molar-refractivity contribution in [2.45, 2.75) is 6.92 Å². The third-order valence-electron chi connectivity index (χ3n) is 2.46. The number of carbonyl (C=O) groups is 1. The van der Waals surface area contributed by atoms with Crippen LogP contribution in [0.2, 0.25) is 0 Å². The minimum absolute atomic E-state index is 0.0819. The summed E-state index contributed by atoms with van der Waals surface area (Å²) in [6.07, 6.45) is 2.40. The summed E-state index contributed by atoms with van der Waals surface area (Å²) in [7, 11) is 0. The van der Waals surface area contributed by atoms with Crippen molar-refractivity contribution in [1.82, 2.24) is 0 Å². The van der Waals surface area contributed by atoms with Gasteiger partial charge in [0.05, 0.1) is 11.8 Å². The van der Waals surface area contributed by atoms with Gasteiger partial charge in [0.15, 0.2) is 5.76 Å². The average molecular weight is 244 g/mol. The van der Waals surface area contributed by atoms with E-state index in [0.29, 0.717) is 0 Å². The molecule has 2 N–H and O–H groups in total. The molecule has 1 aromatic heterocycles. The van der Waals surface area contributed by atoms with E-state index in [1.54, 1.807) is 18.2 Å². The first-order valence-electron chi connectivity index (χ1n) is 5.36. The highest BCUT2D eigenvalue weighted by molar-refractivity contribution is 6.06. The van der Waals surface area contributed by atoms with Crippen LogP contribution in [0.1, 0.15) is 21.7 Å². The van der Waals surface area contributed by atoms with Gasteiger partial charge in [0.2, 0.25) is 5.78 Å². The molecule has 0 saturated carbocycles. The molecule has 1 heterocycles. The lowest BCUT2D eigenvalue weighted by Crippen LogP contribution is -1.95. The highest BCUT2D eigenvalue weighted by atomic mass is 16.3. The van der Waals surface area contributed by atoms with Crippen LogP contribution in [-0.4, -0.2) is 16.0 Å². The number of hydrogen-bond acceptors (Lipinski definition) is 4. The van der Waals surface area contributed by atoms with Crippen molar-refractivity contribution >= 4 is 11.5 Å². The number of hydrogen-bond donors (Lipinski definition) is 2. The molecule has 0 atom stereocenters. The van der Waals surface area contributed by atoms with Crippen molar-refractivity contribution in [3.05, 3.63) is 59.6 Å². The van der Waals surface area contributed by atoms with E-state index in [1.165, 1.54) is 18.4 Å². The van der Waals surface area contributed by atoms with Gasteiger partial charge in [-0.2, -0.15) is 0 Å². The van der Waals surface area contributed by atoms with Crippen molar-refractivity contribution in [2.24, 2.45) is 0 Å². The monoisotopic (exact) mass is 244 g/mol. The van der Waals surface area contributed by atoms with Gasteiger partial charge in [-0.15, -0.1) is 0 Å². The molecule has 92 valence electrons.